The summed E-state index contributed by atoms with van der Waals surface area (Å²) in [5, 5.41) is 6.64. The molecule has 7 heteroatoms. The Bertz CT molecular complexity index is 5130. The third-order valence-electron chi connectivity index (χ3n) is 18.5. The lowest BCUT2D eigenvalue weighted by Crippen LogP contribution is -2.17. The normalized spacial score (nSPS) is 12.6. The maximum Gasteiger partial charge on any atom is 0.164 e. The van der Waals surface area contributed by atoms with Gasteiger partial charge in [-0.05, 0) is 163 Å². The fourth-order valence-corrected chi connectivity index (χ4v) is 13.3. The van der Waals surface area contributed by atoms with Crippen LogP contribution in [0.25, 0.3) is 144 Å². The highest BCUT2D eigenvalue weighted by Gasteiger charge is 2.28. The van der Waals surface area contributed by atoms with Gasteiger partial charge in [-0.3, -0.25) is 4.98 Å². The molecular formula is C84H74N6O. The monoisotopic (exact) mass is 1180 g/mol. The maximum absolute atomic E-state index is 6.89. The van der Waals surface area contributed by atoms with Crippen LogP contribution in [0.3, 0.4) is 0 Å². The van der Waals surface area contributed by atoms with Crippen LogP contribution in [0.2, 0.25) is 0 Å². The number of fused-ring (bicyclic) bond motifs is 10. The van der Waals surface area contributed by atoms with Crippen molar-refractivity contribution in [2.75, 3.05) is 0 Å². The standard InChI is InChI=1S/C84H74N6O/c1-81(2,3)58-41-56(42-59(48-58)82(4,5)6)79-86-78(87-80(88-79)57-43-60(83(7,8)9)49-61(44-57)84(10,11)12)55-33-37-72(90-69-29-21-19-28-64(69)76-74(90)38-34-63-62-27-20-22-30-75(62)91-77(63)76)67(47-55)68-50-85-40-39-73(68)89-70-35-31-53(51-23-15-13-16-24-51)45-65(70)66-46-54(32-36-71(66)89)52-25-17-14-18-26-52/h13-50H,1-12H3. The summed E-state index contributed by atoms with van der Waals surface area (Å²) in [5.41, 5.74) is 21.5. The molecule has 91 heavy (non-hydrogen) atoms. The lowest BCUT2D eigenvalue weighted by Gasteiger charge is -2.26. The fraction of sp³-hybridized carbons (Fsp3) is 0.190. The van der Waals surface area contributed by atoms with Gasteiger partial charge in [0, 0.05) is 67.1 Å². The van der Waals surface area contributed by atoms with Crippen LogP contribution in [0.4, 0.5) is 0 Å². The van der Waals surface area contributed by atoms with Gasteiger partial charge in [-0.25, -0.2) is 15.0 Å². The molecule has 0 radical (unpaired) electrons. The Balaban J connectivity index is 1.04. The molecule has 7 nitrogen and oxygen atoms in total. The number of nitrogens with zero attached hydrogens (tertiary/aromatic N) is 6. The zero-order valence-electron chi connectivity index (χ0n) is 54.0. The van der Waals surface area contributed by atoms with Crippen molar-refractivity contribution in [2.24, 2.45) is 0 Å². The Morgan fingerprint density at radius 1 is 0.308 bits per heavy atom. The molecule has 0 N–H and O–H groups in total. The van der Waals surface area contributed by atoms with E-state index in [1.807, 2.05) is 18.5 Å². The summed E-state index contributed by atoms with van der Waals surface area (Å²) in [7, 11) is 0. The third-order valence-corrected chi connectivity index (χ3v) is 18.5. The molecule has 0 unspecified atom stereocenters. The van der Waals surface area contributed by atoms with Crippen LogP contribution < -0.4 is 0 Å². The van der Waals surface area contributed by atoms with Crippen LogP contribution in [0.5, 0.6) is 0 Å². The van der Waals surface area contributed by atoms with E-state index in [9.17, 15) is 0 Å². The number of para-hydroxylation sites is 2. The van der Waals surface area contributed by atoms with Crippen LogP contribution in [-0.2, 0) is 21.7 Å². The summed E-state index contributed by atoms with van der Waals surface area (Å²) >= 11 is 0. The number of hydrogen-bond donors (Lipinski definition) is 0. The molecule has 0 aliphatic carbocycles. The Kier molecular flexibility index (Phi) is 13.3. The lowest BCUT2D eigenvalue weighted by molar-refractivity contribution is 0.568. The second-order valence-corrected chi connectivity index (χ2v) is 28.8. The number of furan rings is 1. The molecule has 0 bridgehead atoms. The summed E-state index contributed by atoms with van der Waals surface area (Å²) in [6.07, 6.45) is 3.97. The predicted octanol–water partition coefficient (Wildman–Crippen LogP) is 22.6. The molecule has 0 aliphatic rings. The van der Waals surface area contributed by atoms with Gasteiger partial charge < -0.3 is 13.6 Å². The molecule has 0 saturated heterocycles. The second kappa shape index (κ2) is 21.2. The minimum Gasteiger partial charge on any atom is -0.455 e. The molecule has 0 atom stereocenters. The van der Waals surface area contributed by atoms with Crippen LogP contribution >= 0.6 is 0 Å². The number of benzene rings is 10. The SMILES string of the molecule is CC(C)(C)c1cc(-c2nc(-c3cc(C(C)(C)C)cc(C(C)(C)C)c3)nc(-c3ccc(-n4c5ccccc5c5c6oc7ccccc7c6ccc54)c(-c4cnccc4-n4c5ccc(-c6ccccc6)cc5c5cc(-c6ccccc6)ccc54)c3)n2)cc(C(C)(C)C)c1. The lowest BCUT2D eigenvalue weighted by atomic mass is 9.79. The molecule has 0 amide bonds. The largest absolute Gasteiger partial charge is 0.455 e. The first-order valence-corrected chi connectivity index (χ1v) is 31.8. The van der Waals surface area contributed by atoms with Crippen molar-refractivity contribution in [2.45, 2.75) is 105 Å². The van der Waals surface area contributed by atoms with E-state index in [-0.39, 0.29) is 21.7 Å². The van der Waals surface area contributed by atoms with E-state index in [4.69, 9.17) is 24.4 Å². The van der Waals surface area contributed by atoms with Gasteiger partial charge in [-0.2, -0.15) is 0 Å². The Labute approximate surface area is 532 Å². The Morgan fingerprint density at radius 3 is 1.29 bits per heavy atom. The van der Waals surface area contributed by atoms with E-state index >= 15 is 0 Å². The van der Waals surface area contributed by atoms with E-state index in [0.717, 1.165) is 116 Å². The molecule has 0 saturated carbocycles. The van der Waals surface area contributed by atoms with Crippen LogP contribution in [0, 0.1) is 0 Å². The highest BCUT2D eigenvalue weighted by molar-refractivity contribution is 6.24. The molecule has 0 spiro atoms. The molecule has 10 aromatic carbocycles. The number of pyridine rings is 1. The first-order chi connectivity index (χ1) is 43.6. The number of aromatic nitrogens is 6. The van der Waals surface area contributed by atoms with Crippen molar-refractivity contribution in [1.82, 2.24) is 29.1 Å². The number of hydrogen-bond acceptors (Lipinski definition) is 5. The summed E-state index contributed by atoms with van der Waals surface area (Å²) < 4.78 is 11.7. The predicted molar refractivity (Wildman–Crippen MR) is 381 cm³/mol. The van der Waals surface area contributed by atoms with Crippen LogP contribution in [0.15, 0.2) is 235 Å². The van der Waals surface area contributed by atoms with E-state index in [1.165, 1.54) is 33.4 Å². The molecule has 5 heterocycles. The smallest absolute Gasteiger partial charge is 0.164 e. The van der Waals surface area contributed by atoms with Crippen molar-refractivity contribution in [1.29, 1.82) is 0 Å². The van der Waals surface area contributed by atoms with Gasteiger partial charge in [-0.15, -0.1) is 0 Å². The van der Waals surface area contributed by atoms with Gasteiger partial charge in [0.1, 0.15) is 11.2 Å². The first kappa shape index (κ1) is 57.2. The quantitative estimate of drug-likeness (QED) is 0.152. The maximum atomic E-state index is 6.89. The van der Waals surface area contributed by atoms with Crippen LogP contribution in [0.1, 0.15) is 105 Å². The molecule has 15 aromatic rings. The topological polar surface area (TPSA) is 74.6 Å². The van der Waals surface area contributed by atoms with Gasteiger partial charge in [0.25, 0.3) is 0 Å². The van der Waals surface area contributed by atoms with Crippen LogP contribution in [-0.4, -0.2) is 29.1 Å². The fourth-order valence-electron chi connectivity index (χ4n) is 13.3. The number of rotatable bonds is 8. The molecule has 0 fully saturated rings. The summed E-state index contributed by atoms with van der Waals surface area (Å²) in [4.78, 5) is 21.9. The minimum atomic E-state index is -0.142. The summed E-state index contributed by atoms with van der Waals surface area (Å²) in [6, 6.07) is 79.6. The van der Waals surface area contributed by atoms with E-state index in [0.29, 0.717) is 17.5 Å². The van der Waals surface area contributed by atoms with Gasteiger partial charge in [-0.1, -0.05) is 204 Å². The second-order valence-electron chi connectivity index (χ2n) is 28.8. The molecule has 446 valence electrons. The third kappa shape index (κ3) is 10.1. The summed E-state index contributed by atoms with van der Waals surface area (Å²) in [6.45, 7) is 27.4. The van der Waals surface area contributed by atoms with Crippen molar-refractivity contribution >= 4 is 65.6 Å². The van der Waals surface area contributed by atoms with Gasteiger partial charge in [0.2, 0.25) is 0 Å². The van der Waals surface area contributed by atoms with E-state index in [1.54, 1.807) is 0 Å². The minimum absolute atomic E-state index is 0.142. The molecule has 5 aromatic heterocycles. The average molecular weight is 1180 g/mol. The van der Waals surface area contributed by atoms with E-state index in [2.05, 4.69) is 305 Å². The zero-order chi connectivity index (χ0) is 62.9. The van der Waals surface area contributed by atoms with Gasteiger partial charge in [0.15, 0.2) is 17.5 Å². The molecular weight excluding hydrogens is 1110 g/mol. The highest BCUT2D eigenvalue weighted by Crippen LogP contribution is 2.46. The van der Waals surface area contributed by atoms with Crippen molar-refractivity contribution in [3.8, 4) is 78.9 Å². The van der Waals surface area contributed by atoms with Crippen molar-refractivity contribution in [3.05, 3.63) is 253 Å². The van der Waals surface area contributed by atoms with Crippen molar-refractivity contribution in [3.63, 3.8) is 0 Å². The summed E-state index contributed by atoms with van der Waals surface area (Å²) in [5.74, 6) is 1.81. The Morgan fingerprint density at radius 2 is 0.747 bits per heavy atom. The molecule has 0 aliphatic heterocycles. The average Bonchev–Trinajstić information content (AvgIpc) is 1.58. The highest BCUT2D eigenvalue weighted by atomic mass is 16.3. The van der Waals surface area contributed by atoms with Gasteiger partial charge in [0.05, 0.1) is 38.8 Å². The first-order valence-electron chi connectivity index (χ1n) is 31.8. The van der Waals surface area contributed by atoms with Crippen molar-refractivity contribution < 1.29 is 4.42 Å². The zero-order valence-corrected chi connectivity index (χ0v) is 54.0. The molecule has 15 rings (SSSR count). The Hall–Kier alpha value is -10.2. The van der Waals surface area contributed by atoms with E-state index < -0.39 is 0 Å². The van der Waals surface area contributed by atoms with Gasteiger partial charge >= 0.3 is 0 Å².